The second-order valence-corrected chi connectivity index (χ2v) is 6.41. The molecular weight excluding hydrogens is 278 g/mol. The summed E-state index contributed by atoms with van der Waals surface area (Å²) in [6.45, 7) is 4.03. The third-order valence-electron chi connectivity index (χ3n) is 4.50. The minimum atomic E-state index is -0.263. The van der Waals surface area contributed by atoms with Gasteiger partial charge in [-0.1, -0.05) is 19.9 Å². The van der Waals surface area contributed by atoms with Gasteiger partial charge >= 0.3 is 0 Å². The quantitative estimate of drug-likeness (QED) is 0.790. The third kappa shape index (κ3) is 2.35. The molecule has 0 bridgehead atoms. The first kappa shape index (κ1) is 14.9. The zero-order valence-electron chi connectivity index (χ0n) is 13.3. The van der Waals surface area contributed by atoms with Crippen molar-refractivity contribution in [3.8, 4) is 0 Å². The molecule has 0 radical (unpaired) electrons. The Morgan fingerprint density at radius 2 is 2.18 bits per heavy atom. The van der Waals surface area contributed by atoms with E-state index in [1.165, 1.54) is 0 Å². The number of nitrogens with zero attached hydrogens (tertiary/aromatic N) is 1. The van der Waals surface area contributed by atoms with Crippen molar-refractivity contribution in [3.63, 3.8) is 0 Å². The van der Waals surface area contributed by atoms with Gasteiger partial charge in [-0.15, -0.1) is 0 Å². The minimum absolute atomic E-state index is 0.0253. The van der Waals surface area contributed by atoms with Crippen LogP contribution in [0.15, 0.2) is 24.4 Å². The number of H-pyrrole nitrogens is 1. The van der Waals surface area contributed by atoms with E-state index in [-0.39, 0.29) is 30.5 Å². The number of likely N-dealkylation sites (N-methyl/N-ethyl adjacent to an activating group) is 1. The van der Waals surface area contributed by atoms with Crippen LogP contribution in [0.3, 0.4) is 0 Å². The molecule has 1 aliphatic rings. The second-order valence-electron chi connectivity index (χ2n) is 6.41. The van der Waals surface area contributed by atoms with Crippen LogP contribution in [0, 0.1) is 5.92 Å². The number of anilines is 1. The fourth-order valence-corrected chi connectivity index (χ4v) is 3.48. The lowest BCUT2D eigenvalue weighted by atomic mass is 10.0. The highest BCUT2D eigenvalue weighted by atomic mass is 16.3. The molecule has 22 heavy (non-hydrogen) atoms. The number of nitrogens with one attached hydrogen (secondary N) is 2. The van der Waals surface area contributed by atoms with Gasteiger partial charge in [0.15, 0.2) is 0 Å². The van der Waals surface area contributed by atoms with Crippen molar-refractivity contribution >= 4 is 22.5 Å². The smallest absolute Gasteiger partial charge is 0.243 e. The average molecular weight is 301 g/mol. The van der Waals surface area contributed by atoms with Crippen LogP contribution >= 0.6 is 0 Å². The van der Waals surface area contributed by atoms with Crippen LogP contribution < -0.4 is 10.2 Å². The molecule has 0 fully saturated rings. The molecule has 2 atom stereocenters. The first-order valence-corrected chi connectivity index (χ1v) is 7.76. The summed E-state index contributed by atoms with van der Waals surface area (Å²) in [7, 11) is 1.97. The zero-order valence-corrected chi connectivity index (χ0v) is 13.3. The number of aliphatic hydroxyl groups is 1. The predicted molar refractivity (Wildman–Crippen MR) is 88.0 cm³/mol. The largest absolute Gasteiger partial charge is 0.394 e. The number of carbonyl (C=O) groups is 1. The second kappa shape index (κ2) is 5.65. The number of hydrogen-bond donors (Lipinski definition) is 3. The lowest BCUT2D eigenvalue weighted by Crippen LogP contribution is -2.52. The van der Waals surface area contributed by atoms with Gasteiger partial charge in [-0.05, 0) is 30.0 Å². The van der Waals surface area contributed by atoms with Gasteiger partial charge in [-0.25, -0.2) is 0 Å². The highest BCUT2D eigenvalue weighted by Crippen LogP contribution is 2.33. The minimum Gasteiger partial charge on any atom is -0.394 e. The molecule has 1 aliphatic heterocycles. The van der Waals surface area contributed by atoms with Gasteiger partial charge in [-0.3, -0.25) is 4.79 Å². The number of benzene rings is 1. The van der Waals surface area contributed by atoms with Crippen molar-refractivity contribution in [2.45, 2.75) is 32.4 Å². The van der Waals surface area contributed by atoms with Crippen LogP contribution in [0.5, 0.6) is 0 Å². The van der Waals surface area contributed by atoms with Gasteiger partial charge in [0.1, 0.15) is 6.04 Å². The molecule has 2 aromatic rings. The van der Waals surface area contributed by atoms with Gasteiger partial charge in [0.05, 0.1) is 12.6 Å². The SMILES string of the molecule is CC(C)[C@H]1C(=O)N[C@@H](CO)Cc2c[nH]c3cccc(c23)N1C. The molecule has 5 heteroatoms. The Bertz CT molecular complexity index is 692. The Hall–Kier alpha value is -2.01. The van der Waals surface area contributed by atoms with Crippen molar-refractivity contribution in [1.29, 1.82) is 0 Å². The number of carbonyl (C=O) groups excluding carboxylic acids is 1. The van der Waals surface area contributed by atoms with Crippen molar-refractivity contribution in [3.05, 3.63) is 30.0 Å². The highest BCUT2D eigenvalue weighted by molar-refractivity contribution is 5.98. The summed E-state index contributed by atoms with van der Waals surface area (Å²) in [5.74, 6) is 0.141. The van der Waals surface area contributed by atoms with E-state index in [9.17, 15) is 9.90 Å². The number of rotatable bonds is 2. The molecule has 5 nitrogen and oxygen atoms in total. The van der Waals surface area contributed by atoms with E-state index in [0.717, 1.165) is 22.2 Å². The fourth-order valence-electron chi connectivity index (χ4n) is 3.48. The first-order chi connectivity index (χ1) is 10.5. The Balaban J connectivity index is 2.20. The maximum atomic E-state index is 12.7. The van der Waals surface area contributed by atoms with Crippen LogP contribution in [0.4, 0.5) is 5.69 Å². The first-order valence-electron chi connectivity index (χ1n) is 7.76. The molecule has 1 amide bonds. The number of aromatic nitrogens is 1. The number of amides is 1. The Labute approximate surface area is 130 Å². The van der Waals surface area contributed by atoms with Crippen LogP contribution in [0.25, 0.3) is 10.9 Å². The summed E-state index contributed by atoms with van der Waals surface area (Å²) in [4.78, 5) is 18.0. The van der Waals surface area contributed by atoms with E-state index in [2.05, 4.69) is 21.3 Å². The molecule has 0 aliphatic carbocycles. The van der Waals surface area contributed by atoms with Crippen molar-refractivity contribution < 1.29 is 9.90 Å². The van der Waals surface area contributed by atoms with Crippen LogP contribution in [0.2, 0.25) is 0 Å². The van der Waals surface area contributed by atoms with Crippen LogP contribution in [0.1, 0.15) is 19.4 Å². The number of aromatic amines is 1. The summed E-state index contributed by atoms with van der Waals surface area (Å²) in [6.07, 6.45) is 2.60. The molecule has 1 aromatic heterocycles. The van der Waals surface area contributed by atoms with Crippen molar-refractivity contribution in [2.24, 2.45) is 5.92 Å². The lowest BCUT2D eigenvalue weighted by molar-refractivity contribution is -0.124. The van der Waals surface area contributed by atoms with Gasteiger partial charge in [-0.2, -0.15) is 0 Å². The Morgan fingerprint density at radius 1 is 1.41 bits per heavy atom. The third-order valence-corrected chi connectivity index (χ3v) is 4.50. The van der Waals surface area contributed by atoms with E-state index in [4.69, 9.17) is 0 Å². The summed E-state index contributed by atoms with van der Waals surface area (Å²) in [6, 6.07) is 5.59. The molecule has 0 saturated heterocycles. The van der Waals surface area contributed by atoms with E-state index >= 15 is 0 Å². The monoisotopic (exact) mass is 301 g/mol. The summed E-state index contributed by atoms with van der Waals surface area (Å²) in [5, 5.41) is 13.7. The normalized spacial score (nSPS) is 22.4. The molecule has 3 N–H and O–H groups in total. The number of hydrogen-bond acceptors (Lipinski definition) is 3. The molecule has 0 spiro atoms. The van der Waals surface area contributed by atoms with Crippen LogP contribution in [-0.4, -0.2) is 41.7 Å². The Morgan fingerprint density at radius 3 is 2.86 bits per heavy atom. The summed E-state index contributed by atoms with van der Waals surface area (Å²) in [5.41, 5.74) is 3.25. The number of aliphatic hydroxyl groups excluding tert-OH is 1. The fraction of sp³-hybridized carbons (Fsp3) is 0.471. The molecule has 0 saturated carbocycles. The molecular formula is C17H23N3O2. The maximum absolute atomic E-state index is 12.7. The van der Waals surface area contributed by atoms with E-state index in [1.807, 2.05) is 39.2 Å². The standard InChI is InChI=1S/C17H23N3O2/c1-10(2)16-17(22)19-12(9-21)7-11-8-18-13-5-4-6-14(15(11)13)20(16)3/h4-6,8,10,12,16,18,21H,7,9H2,1-3H3,(H,19,22)/t12-,16+/m1/s1. The maximum Gasteiger partial charge on any atom is 0.243 e. The zero-order chi connectivity index (χ0) is 15.9. The van der Waals surface area contributed by atoms with E-state index < -0.39 is 0 Å². The molecule has 2 heterocycles. The van der Waals surface area contributed by atoms with Crippen molar-refractivity contribution in [2.75, 3.05) is 18.6 Å². The van der Waals surface area contributed by atoms with Crippen LogP contribution in [-0.2, 0) is 11.2 Å². The highest BCUT2D eigenvalue weighted by Gasteiger charge is 2.31. The molecule has 0 unspecified atom stereocenters. The molecule has 1 aromatic carbocycles. The topological polar surface area (TPSA) is 68.4 Å². The summed E-state index contributed by atoms with van der Waals surface area (Å²) < 4.78 is 0. The van der Waals surface area contributed by atoms with Crippen molar-refractivity contribution in [1.82, 2.24) is 10.3 Å². The van der Waals surface area contributed by atoms with E-state index in [1.54, 1.807) is 0 Å². The molecule has 3 rings (SSSR count). The van der Waals surface area contributed by atoms with Gasteiger partial charge in [0.25, 0.3) is 0 Å². The van der Waals surface area contributed by atoms with Gasteiger partial charge < -0.3 is 20.3 Å². The summed E-state index contributed by atoms with van der Waals surface area (Å²) >= 11 is 0. The van der Waals surface area contributed by atoms with Gasteiger partial charge in [0, 0.05) is 29.8 Å². The molecule has 118 valence electrons. The lowest BCUT2D eigenvalue weighted by Gasteiger charge is -2.32. The van der Waals surface area contributed by atoms with Gasteiger partial charge in [0.2, 0.25) is 5.91 Å². The average Bonchev–Trinajstić information content (AvgIpc) is 2.89. The predicted octanol–water partition coefficient (Wildman–Crippen LogP) is 1.66. The van der Waals surface area contributed by atoms with E-state index in [0.29, 0.717) is 6.42 Å². The Kier molecular flexibility index (Phi) is 3.83.